The standard InChI is InChI=1S/C19H16ClN3O5/c20-14-5-3-12(4-6-14)18-21-16(28-22-18)11-27-19(25)13-8-17(24)23(9-13)10-15-2-1-7-26-15/h1-7,13H,8-11H2/t13-/m1/s1. The van der Waals surface area contributed by atoms with Gasteiger partial charge < -0.3 is 18.6 Å². The second-order valence-electron chi connectivity index (χ2n) is 6.38. The molecule has 0 bridgehead atoms. The number of rotatable bonds is 6. The average Bonchev–Trinajstić information content (AvgIpc) is 3.43. The fraction of sp³-hybridized carbons (Fsp3) is 0.263. The van der Waals surface area contributed by atoms with E-state index in [0.717, 1.165) is 5.56 Å². The number of halogens is 1. The van der Waals surface area contributed by atoms with Crippen LogP contribution in [-0.4, -0.2) is 33.5 Å². The van der Waals surface area contributed by atoms with Crippen LogP contribution in [-0.2, 0) is 27.5 Å². The Bertz CT molecular complexity index is 968. The normalized spacial score (nSPS) is 16.5. The third-order valence-corrected chi connectivity index (χ3v) is 4.64. The van der Waals surface area contributed by atoms with Crippen LogP contribution in [0.5, 0.6) is 0 Å². The van der Waals surface area contributed by atoms with Crippen molar-refractivity contribution in [2.75, 3.05) is 6.54 Å². The van der Waals surface area contributed by atoms with Crippen LogP contribution in [0.3, 0.4) is 0 Å². The maximum Gasteiger partial charge on any atom is 0.311 e. The molecule has 1 fully saturated rings. The number of hydrogen-bond donors (Lipinski definition) is 0. The minimum Gasteiger partial charge on any atom is -0.467 e. The quantitative estimate of drug-likeness (QED) is 0.585. The predicted molar refractivity (Wildman–Crippen MR) is 96.8 cm³/mol. The number of hydrogen-bond acceptors (Lipinski definition) is 7. The Morgan fingerprint density at radius 1 is 1.29 bits per heavy atom. The van der Waals surface area contributed by atoms with E-state index in [0.29, 0.717) is 23.2 Å². The molecule has 0 saturated carbocycles. The fourth-order valence-corrected chi connectivity index (χ4v) is 3.08. The van der Waals surface area contributed by atoms with Gasteiger partial charge in [0.05, 0.1) is 18.7 Å². The molecule has 4 rings (SSSR count). The van der Waals surface area contributed by atoms with Gasteiger partial charge in [0.1, 0.15) is 5.76 Å². The van der Waals surface area contributed by atoms with Crippen molar-refractivity contribution in [2.45, 2.75) is 19.6 Å². The number of carbonyl (C=O) groups is 2. The van der Waals surface area contributed by atoms with Crippen LogP contribution in [0, 0.1) is 5.92 Å². The predicted octanol–water partition coefficient (Wildman–Crippen LogP) is 3.07. The highest BCUT2D eigenvalue weighted by Crippen LogP contribution is 2.23. The number of ether oxygens (including phenoxy) is 1. The lowest BCUT2D eigenvalue weighted by atomic mass is 10.1. The molecule has 1 aliphatic rings. The summed E-state index contributed by atoms with van der Waals surface area (Å²) in [6, 6.07) is 10.5. The van der Waals surface area contributed by atoms with Gasteiger partial charge in [-0.15, -0.1) is 0 Å². The summed E-state index contributed by atoms with van der Waals surface area (Å²) in [5.74, 6) is 0.116. The van der Waals surface area contributed by atoms with E-state index in [2.05, 4.69) is 10.1 Å². The SMILES string of the molecule is O=C(OCc1nc(-c2ccc(Cl)cc2)no1)[C@@H]1CC(=O)N(Cc2ccco2)C1. The number of nitrogens with zero attached hydrogens (tertiary/aromatic N) is 3. The third kappa shape index (κ3) is 4.07. The summed E-state index contributed by atoms with van der Waals surface area (Å²) < 4.78 is 15.6. The Balaban J connectivity index is 1.31. The molecule has 3 aromatic rings. The molecule has 0 spiro atoms. The molecular weight excluding hydrogens is 386 g/mol. The molecule has 1 amide bonds. The average molecular weight is 402 g/mol. The Hall–Kier alpha value is -3.13. The summed E-state index contributed by atoms with van der Waals surface area (Å²) in [4.78, 5) is 30.2. The van der Waals surface area contributed by atoms with E-state index in [1.165, 1.54) is 0 Å². The highest BCUT2D eigenvalue weighted by molar-refractivity contribution is 6.30. The molecule has 0 N–H and O–H groups in total. The van der Waals surface area contributed by atoms with Crippen molar-refractivity contribution >= 4 is 23.5 Å². The third-order valence-electron chi connectivity index (χ3n) is 4.38. The van der Waals surface area contributed by atoms with Gasteiger partial charge in [-0.3, -0.25) is 9.59 Å². The highest BCUT2D eigenvalue weighted by Gasteiger charge is 2.35. The van der Waals surface area contributed by atoms with Gasteiger partial charge in [-0.1, -0.05) is 16.8 Å². The number of aromatic nitrogens is 2. The van der Waals surface area contributed by atoms with Crippen molar-refractivity contribution in [3.8, 4) is 11.4 Å². The van der Waals surface area contributed by atoms with Gasteiger partial charge in [-0.25, -0.2) is 0 Å². The molecule has 1 atom stereocenters. The maximum absolute atomic E-state index is 12.3. The largest absolute Gasteiger partial charge is 0.467 e. The number of benzene rings is 1. The Kier molecular flexibility index (Phi) is 5.12. The molecule has 1 aromatic carbocycles. The number of carbonyl (C=O) groups excluding carboxylic acids is 2. The zero-order valence-electron chi connectivity index (χ0n) is 14.7. The molecule has 0 radical (unpaired) electrons. The topological polar surface area (TPSA) is 98.7 Å². The van der Waals surface area contributed by atoms with Crippen molar-refractivity contribution in [3.63, 3.8) is 0 Å². The van der Waals surface area contributed by atoms with E-state index in [1.807, 2.05) is 0 Å². The van der Waals surface area contributed by atoms with E-state index in [1.54, 1.807) is 47.6 Å². The number of furan rings is 1. The van der Waals surface area contributed by atoms with Crippen molar-refractivity contribution in [1.82, 2.24) is 15.0 Å². The van der Waals surface area contributed by atoms with Crippen LogP contribution in [0.1, 0.15) is 18.1 Å². The smallest absolute Gasteiger partial charge is 0.311 e. The first-order chi connectivity index (χ1) is 13.6. The van der Waals surface area contributed by atoms with E-state index >= 15 is 0 Å². The molecule has 0 aliphatic carbocycles. The molecular formula is C19H16ClN3O5. The first kappa shape index (κ1) is 18.2. The van der Waals surface area contributed by atoms with E-state index < -0.39 is 11.9 Å². The molecule has 8 nitrogen and oxygen atoms in total. The molecule has 0 unspecified atom stereocenters. The van der Waals surface area contributed by atoms with Crippen LogP contribution < -0.4 is 0 Å². The summed E-state index contributed by atoms with van der Waals surface area (Å²) in [6.45, 7) is 0.476. The summed E-state index contributed by atoms with van der Waals surface area (Å²) in [5.41, 5.74) is 0.737. The Labute approximate surface area is 165 Å². The lowest BCUT2D eigenvalue weighted by molar-refractivity contribution is -0.150. The fourth-order valence-electron chi connectivity index (χ4n) is 2.95. The lowest BCUT2D eigenvalue weighted by Gasteiger charge is -2.14. The van der Waals surface area contributed by atoms with Crippen LogP contribution in [0.15, 0.2) is 51.6 Å². The van der Waals surface area contributed by atoms with Gasteiger partial charge in [0, 0.05) is 23.6 Å². The van der Waals surface area contributed by atoms with Crippen molar-refractivity contribution < 1.29 is 23.3 Å². The molecule has 3 heterocycles. The minimum atomic E-state index is -0.527. The number of likely N-dealkylation sites (tertiary alicyclic amines) is 1. The number of amides is 1. The second-order valence-corrected chi connectivity index (χ2v) is 6.82. The van der Waals surface area contributed by atoms with E-state index in [9.17, 15) is 9.59 Å². The summed E-state index contributed by atoms with van der Waals surface area (Å²) in [7, 11) is 0. The van der Waals surface area contributed by atoms with E-state index in [4.69, 9.17) is 25.3 Å². The van der Waals surface area contributed by atoms with Crippen LogP contribution in [0.4, 0.5) is 0 Å². The Morgan fingerprint density at radius 3 is 2.86 bits per heavy atom. The van der Waals surface area contributed by atoms with Crippen molar-refractivity contribution in [3.05, 3.63) is 59.3 Å². The molecule has 1 aliphatic heterocycles. The zero-order valence-corrected chi connectivity index (χ0v) is 15.5. The molecule has 144 valence electrons. The van der Waals surface area contributed by atoms with Crippen LogP contribution >= 0.6 is 11.6 Å². The molecule has 2 aromatic heterocycles. The molecule has 9 heteroatoms. The Morgan fingerprint density at radius 2 is 2.11 bits per heavy atom. The van der Waals surface area contributed by atoms with Gasteiger partial charge in [0.2, 0.25) is 11.7 Å². The van der Waals surface area contributed by atoms with Gasteiger partial charge in [-0.05, 0) is 36.4 Å². The minimum absolute atomic E-state index is 0.110. The lowest BCUT2D eigenvalue weighted by Crippen LogP contribution is -2.26. The number of esters is 1. The zero-order chi connectivity index (χ0) is 19.5. The molecule has 1 saturated heterocycles. The first-order valence-corrected chi connectivity index (χ1v) is 9.01. The van der Waals surface area contributed by atoms with E-state index in [-0.39, 0.29) is 31.4 Å². The van der Waals surface area contributed by atoms with Crippen LogP contribution in [0.25, 0.3) is 11.4 Å². The van der Waals surface area contributed by atoms with Gasteiger partial charge in [0.15, 0.2) is 6.61 Å². The van der Waals surface area contributed by atoms with Gasteiger partial charge >= 0.3 is 5.97 Å². The van der Waals surface area contributed by atoms with Crippen molar-refractivity contribution in [1.29, 1.82) is 0 Å². The van der Waals surface area contributed by atoms with Crippen LogP contribution in [0.2, 0.25) is 5.02 Å². The van der Waals surface area contributed by atoms with Gasteiger partial charge in [0.25, 0.3) is 5.89 Å². The molecule has 28 heavy (non-hydrogen) atoms. The highest BCUT2D eigenvalue weighted by atomic mass is 35.5. The summed E-state index contributed by atoms with van der Waals surface area (Å²) >= 11 is 5.86. The first-order valence-electron chi connectivity index (χ1n) is 8.64. The van der Waals surface area contributed by atoms with Crippen molar-refractivity contribution in [2.24, 2.45) is 5.92 Å². The summed E-state index contributed by atoms with van der Waals surface area (Å²) in [6.07, 6.45) is 1.66. The van der Waals surface area contributed by atoms with Gasteiger partial charge in [-0.2, -0.15) is 4.98 Å². The summed E-state index contributed by atoms with van der Waals surface area (Å²) in [5, 5.41) is 4.47. The second kappa shape index (κ2) is 7.85. The maximum atomic E-state index is 12.3. The monoisotopic (exact) mass is 401 g/mol.